The number of nitrogens with one attached hydrogen (secondary N) is 2. The van der Waals surface area contributed by atoms with E-state index in [9.17, 15) is 31.1 Å². The topological polar surface area (TPSA) is 70.7 Å². The minimum Gasteiger partial charge on any atom is -0.291 e. The largest absolute Gasteiger partial charge is 0.416 e. The van der Waals surface area contributed by atoms with Gasteiger partial charge in [0.15, 0.2) is 0 Å². The number of hydrogen-bond donors (Lipinski definition) is 2. The number of aromatic nitrogens is 3. The second-order valence-electron chi connectivity index (χ2n) is 4.65. The summed E-state index contributed by atoms with van der Waals surface area (Å²) in [7, 11) is 0. The molecule has 0 spiro atoms. The third kappa shape index (κ3) is 4.87. The van der Waals surface area contributed by atoms with E-state index in [0.29, 0.717) is 17.9 Å². The maximum Gasteiger partial charge on any atom is 0.416 e. The van der Waals surface area contributed by atoms with Gasteiger partial charge in [-0.2, -0.15) is 31.3 Å². The number of rotatable bonds is 4. The summed E-state index contributed by atoms with van der Waals surface area (Å²) in [5.41, 5.74) is -3.96. The van der Waals surface area contributed by atoms with Crippen LogP contribution in [0.3, 0.4) is 0 Å². The molecule has 2 rings (SSSR count). The van der Waals surface area contributed by atoms with E-state index in [4.69, 9.17) is 0 Å². The second kappa shape index (κ2) is 6.94. The van der Waals surface area contributed by atoms with Gasteiger partial charge in [0.2, 0.25) is 11.1 Å². The predicted octanol–water partition coefficient (Wildman–Crippen LogP) is 4.21. The number of carbonyl (C=O) groups excluding carboxylic acids is 1. The summed E-state index contributed by atoms with van der Waals surface area (Å²) in [6.07, 6.45) is -10.1. The number of H-pyrrole nitrogens is 1. The lowest BCUT2D eigenvalue weighted by Gasteiger charge is -2.13. The normalized spacial score (nSPS) is 12.3. The molecule has 25 heavy (non-hydrogen) atoms. The molecule has 136 valence electrons. The van der Waals surface area contributed by atoms with E-state index < -0.39 is 35.0 Å². The Morgan fingerprint density at radius 2 is 1.68 bits per heavy atom. The van der Waals surface area contributed by atoms with Crippen LogP contribution in [0.15, 0.2) is 23.4 Å². The molecule has 0 saturated heterocycles. The number of amides is 1. The highest BCUT2D eigenvalue weighted by molar-refractivity contribution is 7.99. The van der Waals surface area contributed by atoms with Gasteiger partial charge in [0.05, 0.1) is 11.1 Å². The monoisotopic (exact) mass is 384 g/mol. The van der Waals surface area contributed by atoms with E-state index in [-0.39, 0.29) is 17.2 Å². The summed E-state index contributed by atoms with van der Waals surface area (Å²) in [5.74, 6) is -0.735. The summed E-state index contributed by atoms with van der Waals surface area (Å²) in [4.78, 5) is 15.8. The molecular formula is C13H10F6N4OS. The first-order chi connectivity index (χ1) is 11.5. The Balaban J connectivity index is 2.34. The van der Waals surface area contributed by atoms with Crippen LogP contribution in [0, 0.1) is 0 Å². The fraction of sp³-hybridized carbons (Fsp3) is 0.308. The number of nitrogens with zero attached hydrogens (tertiary/aromatic N) is 2. The molecule has 0 aliphatic rings. The van der Waals surface area contributed by atoms with Crippen LogP contribution in [0.25, 0.3) is 0 Å². The minimum absolute atomic E-state index is 0.0543. The number of anilines is 1. The molecule has 5 nitrogen and oxygen atoms in total. The molecule has 0 atom stereocenters. The van der Waals surface area contributed by atoms with E-state index in [2.05, 4.69) is 20.5 Å². The smallest absolute Gasteiger partial charge is 0.291 e. The molecule has 1 amide bonds. The number of hydrogen-bond acceptors (Lipinski definition) is 4. The van der Waals surface area contributed by atoms with Crippen LogP contribution in [0.1, 0.15) is 28.4 Å². The van der Waals surface area contributed by atoms with Crippen molar-refractivity contribution in [1.82, 2.24) is 15.2 Å². The van der Waals surface area contributed by atoms with Gasteiger partial charge in [0, 0.05) is 5.56 Å². The van der Waals surface area contributed by atoms with Crippen molar-refractivity contribution in [2.45, 2.75) is 24.4 Å². The molecule has 2 aromatic rings. The SMILES string of the molecule is CCSc1n[nH]c(NC(=O)c2cc(C(F)(F)F)cc(C(F)(F)F)c2)n1. The number of alkyl halides is 6. The Hall–Kier alpha value is -2.24. The van der Waals surface area contributed by atoms with Crippen LogP contribution in [0.5, 0.6) is 0 Å². The highest BCUT2D eigenvalue weighted by Gasteiger charge is 2.37. The van der Waals surface area contributed by atoms with Crippen molar-refractivity contribution in [3.63, 3.8) is 0 Å². The van der Waals surface area contributed by atoms with Crippen LogP contribution in [0.4, 0.5) is 32.3 Å². The Morgan fingerprint density at radius 1 is 1.12 bits per heavy atom. The maximum atomic E-state index is 12.8. The third-order valence-electron chi connectivity index (χ3n) is 2.82. The molecule has 0 aliphatic heterocycles. The van der Waals surface area contributed by atoms with Gasteiger partial charge in [-0.3, -0.25) is 10.1 Å². The molecular weight excluding hydrogens is 374 g/mol. The zero-order chi connectivity index (χ0) is 18.8. The van der Waals surface area contributed by atoms with Crippen molar-refractivity contribution in [1.29, 1.82) is 0 Å². The Kier molecular flexibility index (Phi) is 5.30. The first kappa shape index (κ1) is 19.1. The molecule has 0 fully saturated rings. The lowest BCUT2D eigenvalue weighted by atomic mass is 10.0. The standard InChI is InChI=1S/C13H10F6N4OS/c1-2-25-11-21-10(22-23-11)20-9(24)6-3-7(12(14,15)16)5-8(4-6)13(17,18)19/h3-5H,2H2,1H3,(H2,20,21,22,23,24). The van der Waals surface area contributed by atoms with Gasteiger partial charge in [0.25, 0.3) is 5.91 Å². The number of thioether (sulfide) groups is 1. The highest BCUT2D eigenvalue weighted by atomic mass is 32.2. The van der Waals surface area contributed by atoms with Gasteiger partial charge in [-0.1, -0.05) is 18.7 Å². The average Bonchev–Trinajstić information content (AvgIpc) is 2.92. The molecule has 0 bridgehead atoms. The summed E-state index contributed by atoms with van der Waals surface area (Å²) in [5, 5.41) is 8.39. The molecule has 1 aromatic carbocycles. The van der Waals surface area contributed by atoms with Crippen molar-refractivity contribution in [3.05, 3.63) is 34.9 Å². The van der Waals surface area contributed by atoms with Crippen molar-refractivity contribution in [3.8, 4) is 0 Å². The van der Waals surface area contributed by atoms with Crippen LogP contribution >= 0.6 is 11.8 Å². The molecule has 1 aromatic heterocycles. The molecule has 0 unspecified atom stereocenters. The Labute approximate surface area is 141 Å². The minimum atomic E-state index is -5.03. The zero-order valence-electron chi connectivity index (χ0n) is 12.4. The van der Waals surface area contributed by atoms with Crippen LogP contribution in [0.2, 0.25) is 0 Å². The molecule has 0 saturated carbocycles. The number of halogens is 6. The van der Waals surface area contributed by atoms with Crippen molar-refractivity contribution in [2.75, 3.05) is 11.1 Å². The van der Waals surface area contributed by atoms with E-state index in [0.717, 1.165) is 0 Å². The van der Waals surface area contributed by atoms with Crippen LogP contribution in [-0.4, -0.2) is 26.8 Å². The third-order valence-corrected chi connectivity index (χ3v) is 3.55. The fourth-order valence-electron chi connectivity index (χ4n) is 1.76. The molecule has 12 heteroatoms. The van der Waals surface area contributed by atoms with Crippen LogP contribution < -0.4 is 5.32 Å². The van der Waals surface area contributed by atoms with E-state index in [1.165, 1.54) is 11.8 Å². The summed E-state index contributed by atoms with van der Waals surface area (Å²) in [6.45, 7) is 1.82. The highest BCUT2D eigenvalue weighted by Crippen LogP contribution is 2.36. The number of benzene rings is 1. The molecule has 0 aliphatic carbocycles. The quantitative estimate of drug-likeness (QED) is 0.612. The van der Waals surface area contributed by atoms with Gasteiger partial charge < -0.3 is 0 Å². The van der Waals surface area contributed by atoms with Crippen molar-refractivity contribution >= 4 is 23.6 Å². The van der Waals surface area contributed by atoms with Crippen molar-refractivity contribution < 1.29 is 31.1 Å². The van der Waals surface area contributed by atoms with Gasteiger partial charge in [-0.15, -0.1) is 5.10 Å². The second-order valence-corrected chi connectivity index (χ2v) is 5.88. The summed E-state index contributed by atoms with van der Waals surface area (Å²) >= 11 is 1.23. The predicted molar refractivity (Wildman–Crippen MR) is 77.2 cm³/mol. The number of carbonyl (C=O) groups is 1. The van der Waals surface area contributed by atoms with Gasteiger partial charge in [-0.05, 0) is 24.0 Å². The lowest BCUT2D eigenvalue weighted by Crippen LogP contribution is -2.17. The first-order valence-corrected chi connectivity index (χ1v) is 7.65. The average molecular weight is 384 g/mol. The van der Waals surface area contributed by atoms with Crippen LogP contribution in [-0.2, 0) is 12.4 Å². The molecule has 0 radical (unpaired) electrons. The van der Waals surface area contributed by atoms with E-state index in [1.807, 2.05) is 6.92 Å². The number of aromatic amines is 1. The summed E-state index contributed by atoms with van der Waals surface area (Å²) < 4.78 is 76.7. The zero-order valence-corrected chi connectivity index (χ0v) is 13.2. The van der Waals surface area contributed by atoms with Crippen molar-refractivity contribution in [2.24, 2.45) is 0 Å². The van der Waals surface area contributed by atoms with Gasteiger partial charge >= 0.3 is 12.4 Å². The first-order valence-electron chi connectivity index (χ1n) is 6.66. The summed E-state index contributed by atoms with van der Waals surface area (Å²) in [6, 6.07) is 0.618. The fourth-order valence-corrected chi connectivity index (χ4v) is 2.29. The molecule has 2 N–H and O–H groups in total. The maximum absolute atomic E-state index is 12.8. The Morgan fingerprint density at radius 3 is 2.16 bits per heavy atom. The lowest BCUT2D eigenvalue weighted by molar-refractivity contribution is -0.143. The van der Waals surface area contributed by atoms with Gasteiger partial charge in [-0.25, -0.2) is 5.10 Å². The Bertz CT molecular complexity index is 738. The van der Waals surface area contributed by atoms with E-state index in [1.54, 1.807) is 0 Å². The van der Waals surface area contributed by atoms with E-state index >= 15 is 0 Å². The van der Waals surface area contributed by atoms with Gasteiger partial charge in [0.1, 0.15) is 0 Å². The molecule has 1 heterocycles.